The van der Waals surface area contributed by atoms with Crippen LogP contribution in [0.25, 0.3) is 0 Å². The molecule has 0 bridgehead atoms. The number of halogens is 3. The second-order valence-electron chi connectivity index (χ2n) is 4.30. The van der Waals surface area contributed by atoms with Crippen LogP contribution in [0.5, 0.6) is 5.88 Å². The Labute approximate surface area is 132 Å². The summed E-state index contributed by atoms with van der Waals surface area (Å²) in [7, 11) is 3.45. The SMILES string of the molecule is COc1c(CNc2cc(Cl)c(Cl)cc2Cl)c(C)nn1C. The van der Waals surface area contributed by atoms with E-state index < -0.39 is 0 Å². The van der Waals surface area contributed by atoms with Crippen molar-refractivity contribution in [3.8, 4) is 5.88 Å². The third-order valence-electron chi connectivity index (χ3n) is 2.95. The number of hydrogen-bond donors (Lipinski definition) is 1. The zero-order valence-electron chi connectivity index (χ0n) is 11.3. The fourth-order valence-electron chi connectivity index (χ4n) is 1.98. The maximum Gasteiger partial charge on any atom is 0.216 e. The first-order valence-electron chi connectivity index (χ1n) is 5.89. The smallest absolute Gasteiger partial charge is 0.216 e. The van der Waals surface area contributed by atoms with E-state index in [1.54, 1.807) is 23.9 Å². The number of ether oxygens (including phenoxy) is 1. The molecule has 2 aromatic rings. The molecule has 0 spiro atoms. The number of anilines is 1. The fourth-order valence-corrected chi connectivity index (χ4v) is 2.59. The molecule has 1 heterocycles. The molecule has 108 valence electrons. The van der Waals surface area contributed by atoms with Gasteiger partial charge in [-0.15, -0.1) is 0 Å². The molecule has 0 aliphatic carbocycles. The summed E-state index contributed by atoms with van der Waals surface area (Å²) < 4.78 is 7.04. The van der Waals surface area contributed by atoms with E-state index in [1.165, 1.54) is 0 Å². The van der Waals surface area contributed by atoms with Crippen molar-refractivity contribution in [2.75, 3.05) is 12.4 Å². The largest absolute Gasteiger partial charge is 0.481 e. The van der Waals surface area contributed by atoms with Gasteiger partial charge in [-0.3, -0.25) is 0 Å². The molecule has 0 atom stereocenters. The second-order valence-corrected chi connectivity index (χ2v) is 5.52. The highest BCUT2D eigenvalue weighted by molar-refractivity contribution is 6.44. The van der Waals surface area contributed by atoms with Crippen LogP contribution < -0.4 is 10.1 Å². The normalized spacial score (nSPS) is 10.7. The number of nitrogens with zero attached hydrogens (tertiary/aromatic N) is 2. The van der Waals surface area contributed by atoms with E-state index in [1.807, 2.05) is 14.0 Å². The molecule has 0 saturated carbocycles. The molecule has 1 aromatic carbocycles. The lowest BCUT2D eigenvalue weighted by atomic mass is 10.2. The summed E-state index contributed by atoms with van der Waals surface area (Å²) in [6.45, 7) is 2.45. The van der Waals surface area contributed by atoms with Crippen molar-refractivity contribution in [1.82, 2.24) is 9.78 Å². The van der Waals surface area contributed by atoms with Gasteiger partial charge in [0.15, 0.2) is 0 Å². The van der Waals surface area contributed by atoms with Gasteiger partial charge in [0.25, 0.3) is 0 Å². The van der Waals surface area contributed by atoms with Gasteiger partial charge in [-0.05, 0) is 19.1 Å². The van der Waals surface area contributed by atoms with Gasteiger partial charge < -0.3 is 10.1 Å². The van der Waals surface area contributed by atoms with Gasteiger partial charge in [-0.25, -0.2) is 4.68 Å². The summed E-state index contributed by atoms with van der Waals surface area (Å²) in [4.78, 5) is 0. The van der Waals surface area contributed by atoms with Crippen LogP contribution in [0.2, 0.25) is 15.1 Å². The van der Waals surface area contributed by atoms with E-state index in [0.717, 1.165) is 11.3 Å². The van der Waals surface area contributed by atoms with E-state index in [2.05, 4.69) is 10.4 Å². The molecule has 0 radical (unpaired) electrons. The van der Waals surface area contributed by atoms with Gasteiger partial charge in [0.05, 0.1) is 39.1 Å². The summed E-state index contributed by atoms with van der Waals surface area (Å²) in [6, 6.07) is 3.31. The average molecular weight is 335 g/mol. The van der Waals surface area contributed by atoms with Gasteiger partial charge in [-0.2, -0.15) is 5.10 Å². The lowest BCUT2D eigenvalue weighted by Gasteiger charge is -2.10. The first kappa shape index (κ1) is 15.3. The molecule has 0 aliphatic heterocycles. The standard InChI is InChI=1S/C13H14Cl3N3O/c1-7-8(13(20-3)19(2)18-7)6-17-12-5-10(15)9(14)4-11(12)16/h4-5,17H,6H2,1-3H3. The molecule has 1 N–H and O–H groups in total. The van der Waals surface area contributed by atoms with E-state index in [4.69, 9.17) is 39.5 Å². The molecule has 20 heavy (non-hydrogen) atoms. The zero-order valence-corrected chi connectivity index (χ0v) is 13.6. The van der Waals surface area contributed by atoms with Crippen LogP contribution >= 0.6 is 34.8 Å². The second kappa shape index (κ2) is 6.12. The highest BCUT2D eigenvalue weighted by Crippen LogP contribution is 2.33. The van der Waals surface area contributed by atoms with Crippen LogP contribution in [0.4, 0.5) is 5.69 Å². The lowest BCUT2D eigenvalue weighted by molar-refractivity contribution is 0.370. The number of nitrogens with one attached hydrogen (secondary N) is 1. The topological polar surface area (TPSA) is 39.1 Å². The predicted octanol–water partition coefficient (Wildman–Crippen LogP) is 4.31. The Kier molecular flexibility index (Phi) is 4.68. The van der Waals surface area contributed by atoms with Crippen LogP contribution in [0.15, 0.2) is 12.1 Å². The van der Waals surface area contributed by atoms with Crippen molar-refractivity contribution in [3.05, 3.63) is 38.5 Å². The molecular formula is C13H14Cl3N3O. The number of methoxy groups -OCH3 is 1. The highest BCUT2D eigenvalue weighted by Gasteiger charge is 2.14. The van der Waals surface area contributed by atoms with Crippen molar-refractivity contribution in [2.24, 2.45) is 7.05 Å². The highest BCUT2D eigenvalue weighted by atomic mass is 35.5. The molecule has 0 amide bonds. The third-order valence-corrected chi connectivity index (χ3v) is 3.98. The average Bonchev–Trinajstić information content (AvgIpc) is 2.66. The lowest BCUT2D eigenvalue weighted by Crippen LogP contribution is -2.03. The molecule has 1 aromatic heterocycles. The van der Waals surface area contributed by atoms with Gasteiger partial charge in [0, 0.05) is 13.6 Å². The summed E-state index contributed by atoms with van der Waals surface area (Å²) in [5.41, 5.74) is 2.58. The van der Waals surface area contributed by atoms with Gasteiger partial charge in [-0.1, -0.05) is 34.8 Å². The number of hydrogen-bond acceptors (Lipinski definition) is 3. The minimum absolute atomic E-state index is 0.428. The summed E-state index contributed by atoms with van der Waals surface area (Å²) in [5.74, 6) is 0.714. The molecule has 0 fully saturated rings. The Balaban J connectivity index is 2.23. The van der Waals surface area contributed by atoms with Crippen molar-refractivity contribution >= 4 is 40.5 Å². The van der Waals surface area contributed by atoms with Crippen molar-refractivity contribution in [3.63, 3.8) is 0 Å². The zero-order chi connectivity index (χ0) is 14.9. The molecule has 2 rings (SSSR count). The van der Waals surface area contributed by atoms with Crippen LogP contribution in [0.3, 0.4) is 0 Å². The van der Waals surface area contributed by atoms with E-state index in [9.17, 15) is 0 Å². The maximum atomic E-state index is 6.13. The van der Waals surface area contributed by atoms with Gasteiger partial charge in [0.1, 0.15) is 0 Å². The molecule has 7 heteroatoms. The quantitative estimate of drug-likeness (QED) is 0.847. The Morgan fingerprint density at radius 3 is 2.50 bits per heavy atom. The van der Waals surface area contributed by atoms with Crippen LogP contribution in [-0.2, 0) is 13.6 Å². The fraction of sp³-hybridized carbons (Fsp3) is 0.308. The number of benzene rings is 1. The molecule has 0 aliphatic rings. The molecule has 4 nitrogen and oxygen atoms in total. The monoisotopic (exact) mass is 333 g/mol. The predicted molar refractivity (Wildman–Crippen MR) is 83.3 cm³/mol. The third kappa shape index (κ3) is 2.97. The molecular weight excluding hydrogens is 321 g/mol. The summed E-state index contributed by atoms with van der Waals surface area (Å²) >= 11 is 18.0. The Morgan fingerprint density at radius 1 is 1.20 bits per heavy atom. The summed E-state index contributed by atoms with van der Waals surface area (Å²) in [5, 5.41) is 8.93. The molecule has 0 unspecified atom stereocenters. The minimum atomic E-state index is 0.428. The van der Waals surface area contributed by atoms with Crippen LogP contribution in [0, 0.1) is 6.92 Å². The van der Waals surface area contributed by atoms with Crippen molar-refractivity contribution in [2.45, 2.75) is 13.5 Å². The van der Waals surface area contributed by atoms with E-state index in [-0.39, 0.29) is 0 Å². The van der Waals surface area contributed by atoms with Crippen molar-refractivity contribution < 1.29 is 4.74 Å². The number of aryl methyl sites for hydroxylation is 2. The van der Waals surface area contributed by atoms with Gasteiger partial charge in [0.2, 0.25) is 5.88 Å². The Bertz CT molecular complexity index is 640. The van der Waals surface area contributed by atoms with Crippen LogP contribution in [-0.4, -0.2) is 16.9 Å². The van der Waals surface area contributed by atoms with Gasteiger partial charge >= 0.3 is 0 Å². The first-order chi connectivity index (χ1) is 9.43. The summed E-state index contributed by atoms with van der Waals surface area (Å²) in [6.07, 6.45) is 0. The first-order valence-corrected chi connectivity index (χ1v) is 7.02. The van der Waals surface area contributed by atoms with Crippen LogP contribution in [0.1, 0.15) is 11.3 Å². The van der Waals surface area contributed by atoms with E-state index >= 15 is 0 Å². The minimum Gasteiger partial charge on any atom is -0.481 e. The van der Waals surface area contributed by atoms with Crippen molar-refractivity contribution in [1.29, 1.82) is 0 Å². The Morgan fingerprint density at radius 2 is 1.85 bits per heavy atom. The maximum absolute atomic E-state index is 6.13. The molecule has 0 saturated heterocycles. The Hall–Kier alpha value is -1.10. The number of aromatic nitrogens is 2. The number of rotatable bonds is 4. The van der Waals surface area contributed by atoms with E-state index in [0.29, 0.717) is 33.2 Å².